The van der Waals surface area contributed by atoms with Crippen LogP contribution < -0.4 is 74.3 Å². The van der Waals surface area contributed by atoms with Crippen molar-refractivity contribution in [1.82, 2.24) is 0 Å². The van der Waals surface area contributed by atoms with Crippen LogP contribution in [0.4, 0.5) is 11.4 Å². The first-order chi connectivity index (χ1) is 14.6. The second-order valence-corrected chi connectivity index (χ2v) is 8.77. The minimum atomic E-state index is -4.97. The van der Waals surface area contributed by atoms with Crippen molar-refractivity contribution in [2.24, 2.45) is 5.10 Å². The Kier molecular flexibility index (Phi) is 11.8. The van der Waals surface area contributed by atoms with Crippen LogP contribution >= 0.6 is 12.0 Å². The van der Waals surface area contributed by atoms with Gasteiger partial charge in [-0.25, -0.2) is 8.42 Å². The molecule has 0 bridgehead atoms. The Morgan fingerprint density at radius 3 is 2.30 bits per heavy atom. The predicted octanol–water partition coefficient (Wildman–Crippen LogP) is -4.30. The van der Waals surface area contributed by atoms with Crippen molar-refractivity contribution < 1.29 is 91.5 Å². The maximum Gasteiger partial charge on any atom is 1.00 e. The molecule has 14 heteroatoms. The molecule has 33 heavy (non-hydrogen) atoms. The molecule has 1 aliphatic heterocycles. The summed E-state index contributed by atoms with van der Waals surface area (Å²) >= 11 is 0.417. The molecule has 2 aromatic carbocycles. The number of nitrogens with zero attached hydrogens (tertiary/aromatic N) is 3. The quantitative estimate of drug-likeness (QED) is 0.0907. The fraction of sp³-hybridized carbons (Fsp3) is 0.158. The molecule has 0 N–H and O–H groups in total. The smallest absolute Gasteiger partial charge is 0.744 e. The van der Waals surface area contributed by atoms with Crippen molar-refractivity contribution in [3.63, 3.8) is 0 Å². The van der Waals surface area contributed by atoms with Crippen LogP contribution in [-0.4, -0.2) is 38.7 Å². The van der Waals surface area contributed by atoms with E-state index in [4.69, 9.17) is 0 Å². The Labute approximate surface area is 240 Å². The van der Waals surface area contributed by atoms with E-state index in [1.807, 2.05) is 43.3 Å². The van der Waals surface area contributed by atoms with Crippen LogP contribution in [0.1, 0.15) is 12.5 Å². The Balaban J connectivity index is 0.00000272. The van der Waals surface area contributed by atoms with Crippen molar-refractivity contribution in [3.05, 3.63) is 53.6 Å². The van der Waals surface area contributed by atoms with E-state index in [1.54, 1.807) is 13.0 Å². The Hall–Kier alpha value is -0.740. The van der Waals surface area contributed by atoms with Crippen molar-refractivity contribution in [2.75, 3.05) is 24.0 Å². The monoisotopic (exact) mass is 509 g/mol. The molecular formula is C19H17N3Na2O7S2. The topological polar surface area (TPSA) is 135 Å². The molecule has 0 spiro atoms. The summed E-state index contributed by atoms with van der Waals surface area (Å²) in [6.07, 6.45) is 1.63. The number of carbonyl (C=O) groups excluding carboxylic acids is 1. The number of amides is 1. The molecule has 0 atom stereocenters. The van der Waals surface area contributed by atoms with Gasteiger partial charge in [0.05, 0.1) is 33.9 Å². The molecule has 0 aromatic heterocycles. The van der Waals surface area contributed by atoms with E-state index in [1.165, 1.54) is 12.1 Å². The van der Waals surface area contributed by atoms with E-state index >= 15 is 0 Å². The van der Waals surface area contributed by atoms with Crippen LogP contribution in [0.5, 0.6) is 0 Å². The minimum absolute atomic E-state index is 0. The maximum absolute atomic E-state index is 13.0. The molecule has 3 rings (SSSR count). The Bertz CT molecular complexity index is 1170. The second kappa shape index (κ2) is 12.8. The average molecular weight is 509 g/mol. The average Bonchev–Trinajstić information content (AvgIpc) is 3.00. The maximum atomic E-state index is 13.0. The van der Waals surface area contributed by atoms with Gasteiger partial charge in [-0.3, -0.25) is 9.83 Å². The zero-order valence-electron chi connectivity index (χ0n) is 18.6. The van der Waals surface area contributed by atoms with Gasteiger partial charge < -0.3 is 14.7 Å². The molecule has 0 saturated carbocycles. The summed E-state index contributed by atoms with van der Waals surface area (Å²) in [5.41, 5.74) is 2.15. The van der Waals surface area contributed by atoms with E-state index in [2.05, 4.69) is 14.5 Å². The minimum Gasteiger partial charge on any atom is -0.744 e. The van der Waals surface area contributed by atoms with Crippen LogP contribution in [0, 0.1) is 0 Å². The first kappa shape index (κ1) is 30.3. The molecule has 1 aliphatic rings. The number of hydrazone groups is 1. The number of benzene rings is 2. The van der Waals surface area contributed by atoms with Gasteiger partial charge in [0.2, 0.25) is 0 Å². The fourth-order valence-electron chi connectivity index (χ4n) is 2.86. The van der Waals surface area contributed by atoms with Gasteiger partial charge in [0, 0.05) is 24.7 Å². The van der Waals surface area contributed by atoms with E-state index < -0.39 is 20.9 Å². The summed E-state index contributed by atoms with van der Waals surface area (Å²) in [4.78, 5) is 14.3. The summed E-state index contributed by atoms with van der Waals surface area (Å²) in [6, 6.07) is 11.0. The van der Waals surface area contributed by atoms with Crippen molar-refractivity contribution >= 4 is 51.2 Å². The summed E-state index contributed by atoms with van der Waals surface area (Å²) in [5.74, 6) is -0.585. The summed E-state index contributed by atoms with van der Waals surface area (Å²) in [5, 5.41) is 18.2. The van der Waals surface area contributed by atoms with Gasteiger partial charge in [0.25, 0.3) is 5.91 Å². The number of hydrogen-bond donors (Lipinski definition) is 0. The molecule has 1 amide bonds. The fourth-order valence-corrected chi connectivity index (χ4v) is 4.01. The summed E-state index contributed by atoms with van der Waals surface area (Å²) < 4.78 is 39.5. The molecule has 0 aliphatic carbocycles. The number of anilines is 2. The van der Waals surface area contributed by atoms with E-state index in [9.17, 15) is 23.0 Å². The zero-order valence-corrected chi connectivity index (χ0v) is 24.3. The molecule has 0 fully saturated rings. The Morgan fingerprint density at radius 2 is 1.76 bits per heavy atom. The van der Waals surface area contributed by atoms with Crippen molar-refractivity contribution in [3.8, 4) is 0 Å². The van der Waals surface area contributed by atoms with Gasteiger partial charge in [-0.05, 0) is 48.9 Å². The Morgan fingerprint density at radius 1 is 1.12 bits per heavy atom. The van der Waals surface area contributed by atoms with E-state index in [-0.39, 0.29) is 75.3 Å². The van der Waals surface area contributed by atoms with Crippen LogP contribution in [0.25, 0.3) is 6.08 Å². The van der Waals surface area contributed by atoms with Crippen LogP contribution in [0.3, 0.4) is 0 Å². The molecule has 164 valence electrons. The molecule has 10 nitrogen and oxygen atoms in total. The van der Waals surface area contributed by atoms with Gasteiger partial charge >= 0.3 is 59.1 Å². The van der Waals surface area contributed by atoms with Crippen LogP contribution in [0.2, 0.25) is 0 Å². The molecule has 1 heterocycles. The molecule has 0 saturated heterocycles. The van der Waals surface area contributed by atoms with Gasteiger partial charge in [-0.1, -0.05) is 12.1 Å². The number of rotatable bonds is 7. The van der Waals surface area contributed by atoms with Crippen LogP contribution in [-0.2, 0) is 24.3 Å². The third-order valence-electron chi connectivity index (χ3n) is 4.37. The van der Waals surface area contributed by atoms with Crippen molar-refractivity contribution in [2.45, 2.75) is 16.7 Å². The normalized spacial score (nSPS) is 14.6. The standard InChI is InChI=1S/C19H19N3O7S2.2Na/c1-12-16(10-13-4-6-14(7-5-13)21(2)3)19(23)22(20-12)17-9-8-15(30-29-28-24)11-18(17)31(25,26)27;;/h4-11,24H,1-3H3,(H,25,26,27);;/q;2*+1/p-2. The molecule has 0 unspecified atom stereocenters. The zero-order chi connectivity index (χ0) is 22.8. The van der Waals surface area contributed by atoms with Gasteiger partial charge in [0.1, 0.15) is 10.1 Å². The molecular weight excluding hydrogens is 492 g/mol. The predicted molar refractivity (Wildman–Crippen MR) is 112 cm³/mol. The van der Waals surface area contributed by atoms with Gasteiger partial charge in [-0.15, -0.1) is 0 Å². The van der Waals surface area contributed by atoms with Crippen LogP contribution in [0.15, 0.2) is 62.9 Å². The number of carbonyl (C=O) groups is 1. The largest absolute Gasteiger partial charge is 1.00 e. The SMILES string of the molecule is CC1=NN(c2ccc(SOO[O-])cc2S(=O)(=O)[O-])C(=O)C1=Cc1ccc(N(C)C)cc1.[Na+].[Na+]. The summed E-state index contributed by atoms with van der Waals surface area (Å²) in [6.45, 7) is 1.60. The molecule has 0 radical (unpaired) electrons. The first-order valence-corrected chi connectivity index (χ1v) is 10.9. The molecule has 2 aromatic rings. The van der Waals surface area contributed by atoms with Gasteiger partial charge in [0.15, 0.2) is 0 Å². The second-order valence-electron chi connectivity index (χ2n) is 6.65. The number of hydrogen-bond acceptors (Lipinski definition) is 10. The van der Waals surface area contributed by atoms with Crippen molar-refractivity contribution in [1.29, 1.82) is 0 Å². The first-order valence-electron chi connectivity index (χ1n) is 8.74. The third-order valence-corrected chi connectivity index (χ3v) is 5.81. The summed E-state index contributed by atoms with van der Waals surface area (Å²) in [7, 11) is -1.15. The third kappa shape index (κ3) is 7.37. The van der Waals surface area contributed by atoms with Gasteiger partial charge in [-0.2, -0.15) is 14.4 Å². The van der Waals surface area contributed by atoms with E-state index in [0.717, 1.165) is 22.3 Å². The van der Waals surface area contributed by atoms with E-state index in [0.29, 0.717) is 17.8 Å².